The number of halogens is 3. The Labute approximate surface area is 203 Å². The number of alkyl halides is 1. The first-order chi connectivity index (χ1) is 16.9. The monoisotopic (exact) mass is 501 g/mol. The van der Waals surface area contributed by atoms with E-state index >= 15 is 4.39 Å². The molecule has 1 amide bonds. The van der Waals surface area contributed by atoms with Crippen LogP contribution in [0.1, 0.15) is 39.9 Å². The van der Waals surface area contributed by atoms with Crippen LogP contribution in [0, 0.1) is 24.5 Å². The van der Waals surface area contributed by atoms with Gasteiger partial charge in [-0.1, -0.05) is 41.2 Å². The van der Waals surface area contributed by atoms with Gasteiger partial charge in [-0.3, -0.25) is 4.79 Å². The van der Waals surface area contributed by atoms with E-state index in [1.807, 2.05) is 0 Å². The predicted octanol–water partition coefficient (Wildman–Crippen LogP) is 5.11. The van der Waals surface area contributed by atoms with Crippen molar-refractivity contribution in [3.63, 3.8) is 0 Å². The fourth-order valence-corrected chi connectivity index (χ4v) is 5.92. The van der Waals surface area contributed by atoms with Crippen molar-refractivity contribution in [2.75, 3.05) is 13.3 Å². The molecule has 2 aromatic carbocycles. The van der Waals surface area contributed by atoms with E-state index in [0.29, 0.717) is 17.0 Å². The van der Waals surface area contributed by atoms with Gasteiger partial charge in [0.25, 0.3) is 5.91 Å². The highest BCUT2D eigenvalue weighted by molar-refractivity contribution is 8.14. The van der Waals surface area contributed by atoms with Crippen LogP contribution >= 0.6 is 11.8 Å². The molecule has 1 fully saturated rings. The number of amidine groups is 1. The number of hydrogen-bond acceptors (Lipinski definition) is 6. The summed E-state index contributed by atoms with van der Waals surface area (Å²) in [5.74, 6) is -2.01. The van der Waals surface area contributed by atoms with Crippen molar-refractivity contribution < 1.29 is 27.2 Å². The van der Waals surface area contributed by atoms with Gasteiger partial charge in [0.1, 0.15) is 30.0 Å². The molecule has 2 aliphatic heterocycles. The summed E-state index contributed by atoms with van der Waals surface area (Å²) in [6.45, 7) is 0.912. The number of hydrogen-bond donors (Lipinski definition) is 1. The number of thioether (sulfide) groups is 1. The lowest BCUT2D eigenvalue weighted by Crippen LogP contribution is -2.53. The second-order valence-electron chi connectivity index (χ2n) is 8.61. The van der Waals surface area contributed by atoms with Crippen molar-refractivity contribution in [1.82, 2.24) is 10.5 Å². The lowest BCUT2D eigenvalue weighted by Gasteiger charge is -2.48. The molecule has 0 spiro atoms. The first-order valence-electron chi connectivity index (χ1n) is 11.1. The van der Waals surface area contributed by atoms with Gasteiger partial charge >= 0.3 is 0 Å². The van der Waals surface area contributed by atoms with Crippen molar-refractivity contribution in [2.24, 2.45) is 10.9 Å². The molecule has 1 N–H and O–H groups in total. The first kappa shape index (κ1) is 23.6. The number of aliphatic imine (C=N–C) groups is 1. The second kappa shape index (κ2) is 9.50. The molecule has 3 heterocycles. The maximum atomic E-state index is 15.1. The second-order valence-corrected chi connectivity index (χ2v) is 9.84. The van der Waals surface area contributed by atoms with Crippen molar-refractivity contribution in [1.29, 1.82) is 0 Å². The lowest BCUT2D eigenvalue weighted by molar-refractivity contribution is -0.0764. The Hall–Kier alpha value is -3.11. The summed E-state index contributed by atoms with van der Waals surface area (Å²) in [4.78, 5) is 17.5. The minimum absolute atomic E-state index is 0.0845. The van der Waals surface area contributed by atoms with Gasteiger partial charge in [0.2, 0.25) is 0 Å². The molecule has 2 aliphatic rings. The summed E-state index contributed by atoms with van der Waals surface area (Å²) < 4.78 is 54.8. The molecule has 35 heavy (non-hydrogen) atoms. The molecular weight excluding hydrogens is 479 g/mol. The third kappa shape index (κ3) is 4.48. The third-order valence-corrected chi connectivity index (χ3v) is 7.54. The van der Waals surface area contributed by atoms with E-state index in [0.717, 1.165) is 23.9 Å². The Bertz CT molecular complexity index is 1270. The average Bonchev–Trinajstić information content (AvgIpc) is 3.29. The summed E-state index contributed by atoms with van der Waals surface area (Å²) in [7, 11) is 0. The smallest absolute Gasteiger partial charge is 0.257 e. The van der Waals surface area contributed by atoms with Crippen molar-refractivity contribution in [2.45, 2.75) is 30.2 Å². The molecule has 0 bridgehead atoms. The molecule has 1 saturated heterocycles. The summed E-state index contributed by atoms with van der Waals surface area (Å²) in [6.07, 6.45) is -0.251. The number of aromatic nitrogens is 1. The van der Waals surface area contributed by atoms with Crippen LogP contribution in [0.25, 0.3) is 0 Å². The Kier molecular flexibility index (Phi) is 6.41. The Balaban J connectivity index is 1.56. The normalized spacial score (nSPS) is 26.1. The molecule has 4 atom stereocenters. The minimum atomic E-state index is -1.37. The summed E-state index contributed by atoms with van der Waals surface area (Å²) in [6, 6.07) is 13.5. The zero-order valence-electron chi connectivity index (χ0n) is 18.7. The number of ether oxygens (including phenoxy) is 1. The number of nitrogens with one attached hydrogen (secondary N) is 1. The van der Waals surface area contributed by atoms with E-state index in [2.05, 4.69) is 10.5 Å². The zero-order chi connectivity index (χ0) is 24.6. The predicted molar refractivity (Wildman–Crippen MR) is 125 cm³/mol. The van der Waals surface area contributed by atoms with Crippen LogP contribution in [0.15, 0.2) is 64.1 Å². The number of carbonyl (C=O) groups excluding carboxylic acids is 1. The van der Waals surface area contributed by atoms with Crippen LogP contribution in [0.5, 0.6) is 0 Å². The molecule has 182 valence electrons. The molecule has 3 aromatic rings. The van der Waals surface area contributed by atoms with Crippen molar-refractivity contribution in [3.05, 3.63) is 88.8 Å². The molecule has 1 aromatic heterocycles. The quantitative estimate of drug-likeness (QED) is 0.538. The fourth-order valence-electron chi connectivity index (χ4n) is 4.70. The Morgan fingerprint density at radius 3 is 2.69 bits per heavy atom. The average molecular weight is 502 g/mol. The SMILES string of the molecule is Cc1cc(C2CC3C(CF)SC(NC(=O)c4ccccc4)=NC3(c3ccc(F)cc3F)CO2)on1. The number of benzene rings is 2. The molecule has 0 radical (unpaired) electrons. The van der Waals surface area contributed by atoms with Crippen LogP contribution in [0.3, 0.4) is 0 Å². The molecule has 0 saturated carbocycles. The van der Waals surface area contributed by atoms with E-state index in [1.165, 1.54) is 6.07 Å². The number of aryl methyl sites for hydroxylation is 1. The van der Waals surface area contributed by atoms with E-state index in [9.17, 15) is 13.6 Å². The molecule has 6 nitrogen and oxygen atoms in total. The molecule has 10 heteroatoms. The third-order valence-electron chi connectivity index (χ3n) is 6.37. The van der Waals surface area contributed by atoms with Crippen LogP contribution in [0.2, 0.25) is 0 Å². The van der Waals surface area contributed by atoms with Crippen molar-refractivity contribution in [3.8, 4) is 0 Å². The van der Waals surface area contributed by atoms with Crippen molar-refractivity contribution >= 4 is 22.8 Å². The molecule has 0 aliphatic carbocycles. The highest BCUT2D eigenvalue weighted by atomic mass is 32.2. The van der Waals surface area contributed by atoms with Crippen LogP contribution in [0.4, 0.5) is 13.2 Å². The lowest BCUT2D eigenvalue weighted by atomic mass is 9.72. The number of nitrogens with zero attached hydrogens (tertiary/aromatic N) is 2. The number of carbonyl (C=O) groups is 1. The highest BCUT2D eigenvalue weighted by Crippen LogP contribution is 2.52. The van der Waals surface area contributed by atoms with Gasteiger partial charge in [0.05, 0.1) is 12.3 Å². The largest absolute Gasteiger partial charge is 0.367 e. The van der Waals surface area contributed by atoms with E-state index in [4.69, 9.17) is 14.3 Å². The number of amides is 1. The van der Waals surface area contributed by atoms with E-state index < -0.39 is 47.0 Å². The van der Waals surface area contributed by atoms with Crippen LogP contribution in [-0.2, 0) is 10.3 Å². The Morgan fingerprint density at radius 2 is 2.00 bits per heavy atom. The summed E-state index contributed by atoms with van der Waals surface area (Å²) in [5.41, 5.74) is -0.210. The number of rotatable bonds is 4. The van der Waals surface area contributed by atoms with E-state index in [1.54, 1.807) is 43.3 Å². The summed E-state index contributed by atoms with van der Waals surface area (Å²) >= 11 is 1.09. The van der Waals surface area contributed by atoms with Crippen LogP contribution in [-0.4, -0.2) is 34.8 Å². The molecular formula is C25H22F3N3O3S. The maximum Gasteiger partial charge on any atom is 0.257 e. The minimum Gasteiger partial charge on any atom is -0.367 e. The first-order valence-corrected chi connectivity index (χ1v) is 12.0. The van der Waals surface area contributed by atoms with Gasteiger partial charge in [-0.15, -0.1) is 0 Å². The maximum absolute atomic E-state index is 15.1. The number of fused-ring (bicyclic) bond motifs is 1. The zero-order valence-corrected chi connectivity index (χ0v) is 19.5. The Morgan fingerprint density at radius 1 is 1.20 bits per heavy atom. The van der Waals surface area contributed by atoms with E-state index in [-0.39, 0.29) is 23.8 Å². The summed E-state index contributed by atoms with van der Waals surface area (Å²) in [5, 5.41) is 6.11. The molecule has 4 unspecified atom stereocenters. The van der Waals surface area contributed by atoms with Gasteiger partial charge in [-0.25, -0.2) is 18.2 Å². The van der Waals surface area contributed by atoms with Crippen LogP contribution < -0.4 is 5.32 Å². The van der Waals surface area contributed by atoms with Gasteiger partial charge in [0, 0.05) is 34.4 Å². The fraction of sp³-hybridized carbons (Fsp3) is 0.320. The standard InChI is InChI=1S/C25H22F3N3O3S/c1-14-9-21(34-31-14)20-11-18-22(12-26)35-24(29-23(32)15-5-3-2-4-6-15)30-25(18,13-33-20)17-8-7-16(27)10-19(17)28/h2-10,18,20,22H,11-13H2,1H3,(H,29,30,32). The van der Waals surface area contributed by atoms with Gasteiger partial charge in [-0.2, -0.15) is 0 Å². The van der Waals surface area contributed by atoms with Gasteiger partial charge in [0.15, 0.2) is 10.9 Å². The highest BCUT2D eigenvalue weighted by Gasteiger charge is 2.54. The topological polar surface area (TPSA) is 76.7 Å². The van der Waals surface area contributed by atoms with Gasteiger partial charge < -0.3 is 14.6 Å². The van der Waals surface area contributed by atoms with Gasteiger partial charge in [-0.05, 0) is 31.5 Å². The molecule has 5 rings (SSSR count).